The number of aromatic hydroxyl groups is 1. The number of hydrogen-bond acceptors (Lipinski definition) is 4. The number of phenols is 1. The Balaban J connectivity index is 2.17. The standard InChI is InChI=1S/C16H15BrN2O3/c1-10(11-3-6-13(20)7-4-11)18-19-16(21)14-9-12(17)5-8-15(14)22-2/h3-9,20H,1-2H3,(H,19,21)/b18-10-. The first-order chi connectivity index (χ1) is 10.5. The summed E-state index contributed by atoms with van der Waals surface area (Å²) in [6.07, 6.45) is 0. The third kappa shape index (κ3) is 3.85. The Morgan fingerprint density at radius 2 is 1.91 bits per heavy atom. The predicted octanol–water partition coefficient (Wildman–Crippen LogP) is 3.32. The lowest BCUT2D eigenvalue weighted by atomic mass is 10.1. The van der Waals surface area contributed by atoms with E-state index < -0.39 is 0 Å². The molecule has 0 aliphatic rings. The number of amides is 1. The van der Waals surface area contributed by atoms with Crippen LogP contribution in [0.15, 0.2) is 52.0 Å². The molecule has 5 nitrogen and oxygen atoms in total. The zero-order valence-corrected chi connectivity index (χ0v) is 13.7. The van der Waals surface area contributed by atoms with Crippen LogP contribution in [0.2, 0.25) is 0 Å². The highest BCUT2D eigenvalue weighted by atomic mass is 79.9. The van der Waals surface area contributed by atoms with E-state index in [1.807, 2.05) is 0 Å². The van der Waals surface area contributed by atoms with Crippen LogP contribution in [0.25, 0.3) is 0 Å². The largest absolute Gasteiger partial charge is 0.508 e. The first kappa shape index (κ1) is 16.0. The van der Waals surface area contributed by atoms with E-state index in [-0.39, 0.29) is 11.7 Å². The molecule has 2 aromatic carbocycles. The number of hydrogen-bond donors (Lipinski definition) is 2. The molecule has 0 unspecified atom stereocenters. The van der Waals surface area contributed by atoms with Crippen LogP contribution >= 0.6 is 15.9 Å². The monoisotopic (exact) mass is 362 g/mol. The molecule has 0 aliphatic heterocycles. The molecule has 2 aromatic rings. The summed E-state index contributed by atoms with van der Waals surface area (Å²) in [4.78, 5) is 12.2. The molecule has 22 heavy (non-hydrogen) atoms. The summed E-state index contributed by atoms with van der Waals surface area (Å²) >= 11 is 3.32. The molecular formula is C16H15BrN2O3. The van der Waals surface area contributed by atoms with Gasteiger partial charge in [0.15, 0.2) is 0 Å². The molecular weight excluding hydrogens is 348 g/mol. The Morgan fingerprint density at radius 3 is 2.55 bits per heavy atom. The summed E-state index contributed by atoms with van der Waals surface area (Å²) in [5, 5.41) is 13.3. The minimum absolute atomic E-state index is 0.180. The van der Waals surface area contributed by atoms with Gasteiger partial charge in [-0.25, -0.2) is 5.43 Å². The number of ether oxygens (including phenoxy) is 1. The lowest BCUT2D eigenvalue weighted by Gasteiger charge is -2.08. The molecule has 0 heterocycles. The third-order valence-electron chi connectivity index (χ3n) is 3.02. The number of nitrogens with zero attached hydrogens (tertiary/aromatic N) is 1. The molecule has 0 radical (unpaired) electrons. The number of phenolic OH excluding ortho intramolecular Hbond substituents is 1. The number of carbonyl (C=O) groups is 1. The van der Waals surface area contributed by atoms with Gasteiger partial charge >= 0.3 is 0 Å². The molecule has 2 rings (SSSR count). The smallest absolute Gasteiger partial charge is 0.275 e. The van der Waals surface area contributed by atoms with E-state index in [0.29, 0.717) is 17.0 Å². The van der Waals surface area contributed by atoms with Gasteiger partial charge in [-0.15, -0.1) is 0 Å². The first-order valence-corrected chi connectivity index (χ1v) is 7.28. The quantitative estimate of drug-likeness (QED) is 0.647. The number of nitrogens with one attached hydrogen (secondary N) is 1. The molecule has 0 aromatic heterocycles. The van der Waals surface area contributed by atoms with Crippen LogP contribution in [-0.4, -0.2) is 23.8 Å². The summed E-state index contributed by atoms with van der Waals surface area (Å²) < 4.78 is 5.94. The van der Waals surface area contributed by atoms with Gasteiger partial charge in [-0.2, -0.15) is 5.10 Å². The van der Waals surface area contributed by atoms with Crippen molar-refractivity contribution in [1.82, 2.24) is 5.43 Å². The van der Waals surface area contributed by atoms with Crippen LogP contribution < -0.4 is 10.2 Å². The van der Waals surface area contributed by atoms with Crippen molar-refractivity contribution in [2.75, 3.05) is 7.11 Å². The van der Waals surface area contributed by atoms with Gasteiger partial charge in [0.1, 0.15) is 11.5 Å². The fourth-order valence-electron chi connectivity index (χ4n) is 1.82. The SMILES string of the molecule is COc1ccc(Br)cc1C(=O)N/N=C(/C)c1ccc(O)cc1. The van der Waals surface area contributed by atoms with E-state index in [9.17, 15) is 9.90 Å². The van der Waals surface area contributed by atoms with E-state index >= 15 is 0 Å². The second-order valence-corrected chi connectivity index (χ2v) is 5.45. The Hall–Kier alpha value is -2.34. The van der Waals surface area contributed by atoms with Gasteiger partial charge in [-0.05, 0) is 55.0 Å². The molecule has 6 heteroatoms. The lowest BCUT2D eigenvalue weighted by Crippen LogP contribution is -2.20. The maximum atomic E-state index is 12.2. The maximum Gasteiger partial charge on any atom is 0.275 e. The number of carbonyl (C=O) groups excluding carboxylic acids is 1. The van der Waals surface area contributed by atoms with Gasteiger partial charge in [-0.1, -0.05) is 15.9 Å². The number of methoxy groups -OCH3 is 1. The van der Waals surface area contributed by atoms with Crippen LogP contribution in [0, 0.1) is 0 Å². The summed E-state index contributed by atoms with van der Waals surface area (Å²) in [6.45, 7) is 1.77. The molecule has 0 bridgehead atoms. The zero-order chi connectivity index (χ0) is 16.1. The zero-order valence-electron chi connectivity index (χ0n) is 12.1. The van der Waals surface area contributed by atoms with E-state index in [4.69, 9.17) is 4.74 Å². The lowest BCUT2D eigenvalue weighted by molar-refractivity contribution is 0.0951. The van der Waals surface area contributed by atoms with Gasteiger partial charge < -0.3 is 9.84 Å². The van der Waals surface area contributed by atoms with Crippen LogP contribution in [0.1, 0.15) is 22.8 Å². The van der Waals surface area contributed by atoms with Crippen LogP contribution in [-0.2, 0) is 0 Å². The molecule has 0 aliphatic carbocycles. The minimum Gasteiger partial charge on any atom is -0.508 e. The summed E-state index contributed by atoms with van der Waals surface area (Å²) in [5.74, 6) is 0.286. The number of hydrazone groups is 1. The van der Waals surface area contributed by atoms with E-state index in [0.717, 1.165) is 10.0 Å². The molecule has 1 amide bonds. The van der Waals surface area contributed by atoms with Gasteiger partial charge in [0.2, 0.25) is 0 Å². The van der Waals surface area contributed by atoms with E-state index in [1.54, 1.807) is 49.4 Å². The summed E-state index contributed by atoms with van der Waals surface area (Å²) in [5.41, 5.74) is 4.32. The Morgan fingerprint density at radius 1 is 1.23 bits per heavy atom. The Labute approximate surface area is 136 Å². The molecule has 0 saturated carbocycles. The highest BCUT2D eigenvalue weighted by Gasteiger charge is 2.12. The molecule has 0 fully saturated rings. The Bertz CT molecular complexity index is 712. The highest BCUT2D eigenvalue weighted by molar-refractivity contribution is 9.10. The van der Waals surface area contributed by atoms with Crippen molar-refractivity contribution in [3.8, 4) is 11.5 Å². The van der Waals surface area contributed by atoms with Gasteiger partial charge in [0.05, 0.1) is 18.4 Å². The molecule has 0 saturated heterocycles. The molecule has 114 valence electrons. The fourth-order valence-corrected chi connectivity index (χ4v) is 2.18. The van der Waals surface area contributed by atoms with Gasteiger partial charge in [-0.3, -0.25) is 4.79 Å². The fraction of sp³-hybridized carbons (Fsp3) is 0.125. The van der Waals surface area contributed by atoms with E-state index in [1.165, 1.54) is 7.11 Å². The maximum absolute atomic E-state index is 12.2. The molecule has 2 N–H and O–H groups in total. The van der Waals surface area contributed by atoms with Crippen molar-refractivity contribution < 1.29 is 14.6 Å². The van der Waals surface area contributed by atoms with Crippen molar-refractivity contribution in [1.29, 1.82) is 0 Å². The van der Waals surface area contributed by atoms with Gasteiger partial charge in [0, 0.05) is 4.47 Å². The van der Waals surface area contributed by atoms with Crippen molar-refractivity contribution in [2.45, 2.75) is 6.92 Å². The summed E-state index contributed by atoms with van der Waals surface area (Å²) in [6, 6.07) is 11.7. The van der Waals surface area contributed by atoms with Crippen molar-refractivity contribution in [3.05, 3.63) is 58.1 Å². The minimum atomic E-state index is -0.365. The van der Waals surface area contributed by atoms with Gasteiger partial charge in [0.25, 0.3) is 5.91 Å². The number of rotatable bonds is 4. The average molecular weight is 363 g/mol. The first-order valence-electron chi connectivity index (χ1n) is 6.49. The second kappa shape index (κ2) is 7.09. The third-order valence-corrected chi connectivity index (χ3v) is 3.51. The molecule has 0 spiro atoms. The van der Waals surface area contributed by atoms with Crippen molar-refractivity contribution >= 4 is 27.5 Å². The van der Waals surface area contributed by atoms with Crippen LogP contribution in [0.5, 0.6) is 11.5 Å². The molecule has 0 atom stereocenters. The van der Waals surface area contributed by atoms with Crippen molar-refractivity contribution in [3.63, 3.8) is 0 Å². The number of benzene rings is 2. The second-order valence-electron chi connectivity index (χ2n) is 4.53. The summed E-state index contributed by atoms with van der Waals surface area (Å²) in [7, 11) is 1.50. The number of halogens is 1. The normalized spacial score (nSPS) is 11.1. The Kier molecular flexibility index (Phi) is 5.16. The van der Waals surface area contributed by atoms with E-state index in [2.05, 4.69) is 26.5 Å². The average Bonchev–Trinajstić information content (AvgIpc) is 2.53. The van der Waals surface area contributed by atoms with Crippen LogP contribution in [0.3, 0.4) is 0 Å². The predicted molar refractivity (Wildman–Crippen MR) is 88.5 cm³/mol. The topological polar surface area (TPSA) is 70.9 Å². The van der Waals surface area contributed by atoms with Crippen molar-refractivity contribution in [2.24, 2.45) is 5.10 Å². The highest BCUT2D eigenvalue weighted by Crippen LogP contribution is 2.22. The van der Waals surface area contributed by atoms with Crippen LogP contribution in [0.4, 0.5) is 0 Å².